The topological polar surface area (TPSA) is 132 Å². The normalized spacial score (nSPS) is 10.4. The lowest BCUT2D eigenvalue weighted by molar-refractivity contribution is -0.389. The van der Waals surface area contributed by atoms with E-state index in [0.29, 0.717) is 6.54 Å². The van der Waals surface area contributed by atoms with Crippen LogP contribution in [-0.2, 0) is 6.54 Å². The number of aromatic nitrogens is 5. The second-order valence-electron chi connectivity index (χ2n) is 4.60. The van der Waals surface area contributed by atoms with Gasteiger partial charge in [0.2, 0.25) is 5.95 Å². The van der Waals surface area contributed by atoms with Gasteiger partial charge in [0, 0.05) is 0 Å². The van der Waals surface area contributed by atoms with Gasteiger partial charge in [0.15, 0.2) is 5.69 Å². The maximum Gasteiger partial charge on any atom is 0.343 e. The van der Waals surface area contributed by atoms with Crippen LogP contribution >= 0.6 is 0 Å². The molecule has 3 rings (SSSR count). The third-order valence-electron chi connectivity index (χ3n) is 2.94. The first-order valence-corrected chi connectivity index (χ1v) is 6.56. The molecule has 0 aliphatic carbocycles. The number of anilines is 1. The van der Waals surface area contributed by atoms with E-state index in [1.807, 2.05) is 30.3 Å². The highest BCUT2D eigenvalue weighted by atomic mass is 16.6. The summed E-state index contributed by atoms with van der Waals surface area (Å²) in [5.41, 5.74) is 0.925. The fourth-order valence-electron chi connectivity index (χ4n) is 1.89. The third kappa shape index (κ3) is 3.37. The molecule has 1 aromatic carbocycles. The summed E-state index contributed by atoms with van der Waals surface area (Å²) in [5, 5.41) is 22.8. The summed E-state index contributed by atoms with van der Waals surface area (Å²) in [4.78, 5) is 25.8. The van der Waals surface area contributed by atoms with E-state index in [1.54, 1.807) is 4.68 Å². The van der Waals surface area contributed by atoms with Crippen LogP contribution in [-0.4, -0.2) is 35.8 Å². The van der Waals surface area contributed by atoms with Crippen molar-refractivity contribution in [1.29, 1.82) is 0 Å². The van der Waals surface area contributed by atoms with Crippen LogP contribution in [0, 0.1) is 10.1 Å². The summed E-state index contributed by atoms with van der Waals surface area (Å²) in [6.07, 6.45) is 1.48. The van der Waals surface area contributed by atoms with Crippen LogP contribution in [0.3, 0.4) is 0 Å². The van der Waals surface area contributed by atoms with Gasteiger partial charge in [-0.1, -0.05) is 35.4 Å². The lowest BCUT2D eigenvalue weighted by Gasteiger charge is -2.00. The summed E-state index contributed by atoms with van der Waals surface area (Å²) >= 11 is 0. The quantitative estimate of drug-likeness (QED) is 0.537. The summed E-state index contributed by atoms with van der Waals surface area (Å²) in [6.45, 7) is 0.511. The van der Waals surface area contributed by atoms with Crippen molar-refractivity contribution in [3.63, 3.8) is 0 Å². The van der Waals surface area contributed by atoms with Crippen molar-refractivity contribution < 1.29 is 9.72 Å². The van der Waals surface area contributed by atoms with Gasteiger partial charge in [-0.25, -0.2) is 9.67 Å². The third-order valence-corrected chi connectivity index (χ3v) is 2.94. The Morgan fingerprint density at radius 3 is 2.83 bits per heavy atom. The van der Waals surface area contributed by atoms with Gasteiger partial charge < -0.3 is 10.1 Å². The summed E-state index contributed by atoms with van der Waals surface area (Å²) < 4.78 is 1.57. The minimum absolute atomic E-state index is 0.0941. The predicted octanol–water partition coefficient (Wildman–Crippen LogP) is 1.21. The molecule has 0 saturated carbocycles. The number of hydrogen-bond acceptors (Lipinski definition) is 6. The van der Waals surface area contributed by atoms with Crippen LogP contribution in [0.5, 0.6) is 0 Å². The Morgan fingerprint density at radius 2 is 2.13 bits per heavy atom. The van der Waals surface area contributed by atoms with E-state index in [0.717, 1.165) is 11.6 Å². The zero-order valence-electron chi connectivity index (χ0n) is 11.7. The molecule has 116 valence electrons. The molecule has 0 spiro atoms. The summed E-state index contributed by atoms with van der Waals surface area (Å²) in [7, 11) is 0. The minimum atomic E-state index is -0.670. The summed E-state index contributed by atoms with van der Waals surface area (Å²) in [5.74, 6) is -0.902. The molecule has 10 nitrogen and oxygen atoms in total. The fraction of sp³-hybridized carbons (Fsp3) is 0.0769. The van der Waals surface area contributed by atoms with Crippen LogP contribution in [0.15, 0.2) is 42.7 Å². The number of H-pyrrole nitrogens is 1. The van der Waals surface area contributed by atoms with E-state index >= 15 is 0 Å². The number of nitro groups is 1. The molecule has 0 radical (unpaired) electrons. The van der Waals surface area contributed by atoms with Crippen LogP contribution < -0.4 is 5.32 Å². The molecule has 0 bridgehead atoms. The van der Waals surface area contributed by atoms with E-state index in [9.17, 15) is 14.9 Å². The highest BCUT2D eigenvalue weighted by molar-refractivity contribution is 6.02. The molecule has 0 aliphatic heterocycles. The number of aromatic amines is 1. The highest BCUT2D eigenvalue weighted by Gasteiger charge is 2.17. The molecule has 1 amide bonds. The SMILES string of the molecule is O=C(Nc1ncn(Cc2ccccc2)n1)c1cc([N+](=O)[O-])[nH]n1. The molecule has 2 aromatic heterocycles. The lowest BCUT2D eigenvalue weighted by atomic mass is 10.2. The van der Waals surface area contributed by atoms with Gasteiger partial charge in [-0.3, -0.25) is 10.1 Å². The largest absolute Gasteiger partial charge is 0.358 e. The predicted molar refractivity (Wildman–Crippen MR) is 78.8 cm³/mol. The highest BCUT2D eigenvalue weighted by Crippen LogP contribution is 2.09. The maximum absolute atomic E-state index is 11.9. The molecule has 0 unspecified atom stereocenters. The number of hydrogen-bond donors (Lipinski definition) is 2. The Bertz CT molecular complexity index is 840. The van der Waals surface area contributed by atoms with Crippen LogP contribution in [0.1, 0.15) is 16.1 Å². The molecule has 0 aliphatic rings. The maximum atomic E-state index is 11.9. The monoisotopic (exact) mass is 313 g/mol. The van der Waals surface area contributed by atoms with Gasteiger partial charge in [-0.2, -0.15) is 0 Å². The molecule has 23 heavy (non-hydrogen) atoms. The van der Waals surface area contributed by atoms with Crippen molar-refractivity contribution in [1.82, 2.24) is 25.0 Å². The second kappa shape index (κ2) is 6.05. The molecular weight excluding hydrogens is 302 g/mol. The van der Waals surface area contributed by atoms with E-state index in [2.05, 4.69) is 25.6 Å². The number of nitrogens with one attached hydrogen (secondary N) is 2. The van der Waals surface area contributed by atoms with Gasteiger partial charge in [-0.05, 0) is 10.5 Å². The van der Waals surface area contributed by atoms with E-state index < -0.39 is 10.8 Å². The lowest BCUT2D eigenvalue weighted by Crippen LogP contribution is -2.14. The van der Waals surface area contributed by atoms with Crippen LogP contribution in [0.25, 0.3) is 0 Å². The van der Waals surface area contributed by atoms with Gasteiger partial charge >= 0.3 is 5.82 Å². The van der Waals surface area contributed by atoms with E-state index in [1.165, 1.54) is 6.33 Å². The molecule has 0 atom stereocenters. The molecule has 2 N–H and O–H groups in total. The first-order valence-electron chi connectivity index (χ1n) is 6.56. The molecular formula is C13H11N7O3. The van der Waals surface area contributed by atoms with Crippen molar-refractivity contribution >= 4 is 17.7 Å². The second-order valence-corrected chi connectivity index (χ2v) is 4.60. The summed E-state index contributed by atoms with van der Waals surface area (Å²) in [6, 6.07) is 10.7. The van der Waals surface area contributed by atoms with E-state index in [4.69, 9.17) is 0 Å². The Labute approximate surface area is 129 Å². The van der Waals surface area contributed by atoms with Crippen molar-refractivity contribution in [3.05, 3.63) is 64.1 Å². The van der Waals surface area contributed by atoms with Gasteiger partial charge in [0.25, 0.3) is 5.91 Å². The Balaban J connectivity index is 1.66. The van der Waals surface area contributed by atoms with Crippen molar-refractivity contribution in [3.8, 4) is 0 Å². The van der Waals surface area contributed by atoms with Crippen molar-refractivity contribution in [2.75, 3.05) is 5.32 Å². The average molecular weight is 313 g/mol. The zero-order valence-corrected chi connectivity index (χ0v) is 11.7. The minimum Gasteiger partial charge on any atom is -0.358 e. The Morgan fingerprint density at radius 1 is 1.35 bits per heavy atom. The average Bonchev–Trinajstić information content (AvgIpc) is 3.18. The van der Waals surface area contributed by atoms with Gasteiger partial charge in [-0.15, -0.1) is 10.2 Å². The van der Waals surface area contributed by atoms with Gasteiger partial charge in [0.05, 0.1) is 12.6 Å². The number of amides is 1. The first kappa shape index (κ1) is 14.4. The number of rotatable bonds is 5. The van der Waals surface area contributed by atoms with Crippen LogP contribution in [0.4, 0.5) is 11.8 Å². The smallest absolute Gasteiger partial charge is 0.343 e. The first-order chi connectivity index (χ1) is 11.1. The number of carbonyl (C=O) groups is 1. The molecule has 0 saturated heterocycles. The van der Waals surface area contributed by atoms with Crippen molar-refractivity contribution in [2.24, 2.45) is 0 Å². The Hall–Kier alpha value is -3.56. The van der Waals surface area contributed by atoms with Crippen molar-refractivity contribution in [2.45, 2.75) is 6.54 Å². The zero-order chi connectivity index (χ0) is 16.2. The number of nitrogens with zero attached hydrogens (tertiary/aromatic N) is 5. The fourth-order valence-corrected chi connectivity index (χ4v) is 1.89. The standard InChI is InChI=1S/C13H11N7O3/c21-12(10-6-11(17-16-10)20(22)23)15-13-14-8-19(18-13)7-9-4-2-1-3-5-9/h1-6,8H,7H2,(H,16,17)(H,15,18,21). The molecule has 10 heteroatoms. The van der Waals surface area contributed by atoms with Gasteiger partial charge in [0.1, 0.15) is 6.33 Å². The molecule has 2 heterocycles. The molecule has 0 fully saturated rings. The van der Waals surface area contributed by atoms with Crippen LogP contribution in [0.2, 0.25) is 0 Å². The molecule has 3 aromatic rings. The number of carbonyl (C=O) groups excluding carboxylic acids is 1. The Kier molecular flexibility index (Phi) is 3.78. The number of benzene rings is 1. The van der Waals surface area contributed by atoms with E-state index in [-0.39, 0.29) is 17.5 Å².